The smallest absolute Gasteiger partial charge is 0.235 e. The van der Waals surface area contributed by atoms with Gasteiger partial charge in [0.05, 0.1) is 33.8 Å². The molecule has 2 aliphatic heterocycles. The van der Waals surface area contributed by atoms with Gasteiger partial charge in [0.2, 0.25) is 5.95 Å². The molecule has 11 rings (SSSR count). The maximum absolute atomic E-state index is 6.57. The number of rotatable bonds is 4. The van der Waals surface area contributed by atoms with Gasteiger partial charge in [-0.05, 0) is 71.8 Å². The van der Waals surface area contributed by atoms with Crippen molar-refractivity contribution in [2.24, 2.45) is 0 Å². The summed E-state index contributed by atoms with van der Waals surface area (Å²) in [5, 5.41) is 2.26. The summed E-state index contributed by atoms with van der Waals surface area (Å²) in [5.41, 5.74) is 11.0. The van der Waals surface area contributed by atoms with Crippen LogP contribution in [0.4, 0.5) is 17.1 Å². The van der Waals surface area contributed by atoms with Crippen LogP contribution in [0.2, 0.25) is 0 Å². The highest BCUT2D eigenvalue weighted by molar-refractivity contribution is 6.10. The third-order valence-corrected chi connectivity index (χ3v) is 9.99. The Kier molecular flexibility index (Phi) is 6.15. The zero-order valence-corrected chi connectivity index (χ0v) is 27.8. The maximum atomic E-state index is 6.57. The molecule has 0 atom stereocenters. The molecule has 0 bridgehead atoms. The number of fused-ring (bicyclic) bond motifs is 7. The van der Waals surface area contributed by atoms with Gasteiger partial charge in [-0.15, -0.1) is 0 Å². The van der Waals surface area contributed by atoms with Crippen molar-refractivity contribution in [3.63, 3.8) is 0 Å². The van der Waals surface area contributed by atoms with Crippen LogP contribution < -0.4 is 14.4 Å². The summed E-state index contributed by atoms with van der Waals surface area (Å²) in [6, 6.07) is 58.4. The van der Waals surface area contributed by atoms with Crippen molar-refractivity contribution in [2.75, 3.05) is 4.90 Å². The van der Waals surface area contributed by atoms with Crippen LogP contribution in [0.3, 0.4) is 0 Å². The quantitative estimate of drug-likeness (QED) is 0.187. The molecule has 6 nitrogen and oxygen atoms in total. The van der Waals surface area contributed by atoms with Crippen LogP contribution in [0.15, 0.2) is 170 Å². The van der Waals surface area contributed by atoms with Gasteiger partial charge in [-0.1, -0.05) is 109 Å². The Balaban J connectivity index is 1.07. The molecule has 0 amide bonds. The van der Waals surface area contributed by atoms with Crippen molar-refractivity contribution in [1.29, 1.82) is 0 Å². The highest BCUT2D eigenvalue weighted by Gasteiger charge is 2.34. The van der Waals surface area contributed by atoms with Crippen LogP contribution in [-0.2, 0) is 0 Å². The molecule has 4 heterocycles. The molecule has 0 spiro atoms. The van der Waals surface area contributed by atoms with Gasteiger partial charge in [0.1, 0.15) is 5.69 Å². The average Bonchev–Trinajstić information content (AvgIpc) is 3.55. The Bertz CT molecular complexity index is 2810. The predicted octanol–water partition coefficient (Wildman–Crippen LogP) is 12.3. The van der Waals surface area contributed by atoms with E-state index >= 15 is 0 Å². The summed E-state index contributed by atoms with van der Waals surface area (Å²) in [7, 11) is 0. The number of hydrogen-bond acceptors (Lipinski definition) is 5. The first-order chi connectivity index (χ1) is 25.8. The lowest BCUT2D eigenvalue weighted by Crippen LogP contribution is -2.20. The Morgan fingerprint density at radius 2 is 0.962 bits per heavy atom. The third-order valence-electron chi connectivity index (χ3n) is 9.99. The van der Waals surface area contributed by atoms with Crippen molar-refractivity contribution in [2.45, 2.75) is 0 Å². The second-order valence-electron chi connectivity index (χ2n) is 13.0. The monoisotopic (exact) mass is 668 g/mol. The molecular formula is C46H28N4O2. The van der Waals surface area contributed by atoms with Crippen molar-refractivity contribution >= 4 is 38.9 Å². The van der Waals surface area contributed by atoms with Crippen molar-refractivity contribution in [3.05, 3.63) is 170 Å². The van der Waals surface area contributed by atoms with Crippen LogP contribution in [0.5, 0.6) is 23.0 Å². The molecule has 0 saturated carbocycles. The van der Waals surface area contributed by atoms with E-state index in [1.165, 1.54) is 0 Å². The van der Waals surface area contributed by atoms with Crippen LogP contribution in [0.25, 0.3) is 61.4 Å². The number of hydrogen-bond donors (Lipinski definition) is 0. The van der Waals surface area contributed by atoms with Crippen molar-refractivity contribution in [3.8, 4) is 62.6 Å². The molecule has 7 aromatic carbocycles. The van der Waals surface area contributed by atoms with Gasteiger partial charge in [-0.25, -0.2) is 9.97 Å². The van der Waals surface area contributed by atoms with Crippen LogP contribution in [-0.4, -0.2) is 14.5 Å². The lowest BCUT2D eigenvalue weighted by molar-refractivity contribution is 0.446. The molecule has 0 unspecified atom stereocenters. The number of aromatic nitrogens is 3. The molecule has 0 saturated heterocycles. The lowest BCUT2D eigenvalue weighted by atomic mass is 10.0. The van der Waals surface area contributed by atoms with Gasteiger partial charge in [-0.2, -0.15) is 0 Å². The van der Waals surface area contributed by atoms with E-state index in [1.807, 2.05) is 72.8 Å². The first-order valence-corrected chi connectivity index (χ1v) is 17.3. The second kappa shape index (κ2) is 11.2. The molecule has 0 radical (unpaired) electrons. The first-order valence-electron chi connectivity index (χ1n) is 17.3. The third kappa shape index (κ3) is 4.38. The van der Waals surface area contributed by atoms with Crippen LogP contribution >= 0.6 is 0 Å². The van der Waals surface area contributed by atoms with E-state index < -0.39 is 0 Å². The fourth-order valence-corrected chi connectivity index (χ4v) is 7.60. The lowest BCUT2D eigenvalue weighted by Gasteiger charge is -2.37. The summed E-state index contributed by atoms with van der Waals surface area (Å²) < 4.78 is 15.0. The van der Waals surface area contributed by atoms with Crippen LogP contribution in [0.1, 0.15) is 0 Å². The normalized spacial score (nSPS) is 12.5. The summed E-state index contributed by atoms with van der Waals surface area (Å²) in [4.78, 5) is 12.6. The Morgan fingerprint density at radius 1 is 0.385 bits per heavy atom. The highest BCUT2D eigenvalue weighted by atomic mass is 16.5. The van der Waals surface area contributed by atoms with Gasteiger partial charge in [0, 0.05) is 21.9 Å². The zero-order chi connectivity index (χ0) is 34.2. The fraction of sp³-hybridized carbons (Fsp3) is 0. The van der Waals surface area contributed by atoms with E-state index in [-0.39, 0.29) is 0 Å². The highest BCUT2D eigenvalue weighted by Crippen LogP contribution is 2.59. The largest absolute Gasteiger partial charge is 0.453 e. The molecule has 9 aromatic rings. The van der Waals surface area contributed by atoms with E-state index in [2.05, 4.69) is 107 Å². The van der Waals surface area contributed by atoms with E-state index in [0.29, 0.717) is 5.95 Å². The van der Waals surface area contributed by atoms with Gasteiger partial charge < -0.3 is 9.47 Å². The first kappa shape index (κ1) is 28.6. The summed E-state index contributed by atoms with van der Waals surface area (Å²) in [6.45, 7) is 0. The molecule has 2 aromatic heterocycles. The fourth-order valence-electron chi connectivity index (χ4n) is 7.60. The molecule has 0 aliphatic carbocycles. The second-order valence-corrected chi connectivity index (χ2v) is 13.0. The maximum Gasteiger partial charge on any atom is 0.235 e. The summed E-state index contributed by atoms with van der Waals surface area (Å²) in [6.07, 6.45) is 0. The molecule has 2 aliphatic rings. The van der Waals surface area contributed by atoms with E-state index in [1.54, 1.807) is 0 Å². The zero-order valence-electron chi connectivity index (χ0n) is 27.8. The van der Waals surface area contributed by atoms with Gasteiger partial charge >= 0.3 is 0 Å². The topological polar surface area (TPSA) is 52.4 Å². The molecular weight excluding hydrogens is 641 g/mol. The van der Waals surface area contributed by atoms with Gasteiger partial charge in [0.25, 0.3) is 0 Å². The van der Waals surface area contributed by atoms with Crippen LogP contribution in [0, 0.1) is 0 Å². The predicted molar refractivity (Wildman–Crippen MR) is 208 cm³/mol. The molecule has 244 valence electrons. The minimum Gasteiger partial charge on any atom is -0.453 e. The van der Waals surface area contributed by atoms with Gasteiger partial charge in [0.15, 0.2) is 23.0 Å². The molecule has 52 heavy (non-hydrogen) atoms. The molecule has 0 N–H and O–H groups in total. The summed E-state index contributed by atoms with van der Waals surface area (Å²) in [5.74, 6) is 3.79. The number of nitrogens with zero attached hydrogens (tertiary/aromatic N) is 4. The van der Waals surface area contributed by atoms with E-state index in [0.717, 1.165) is 95.5 Å². The van der Waals surface area contributed by atoms with Crippen molar-refractivity contribution < 1.29 is 9.47 Å². The van der Waals surface area contributed by atoms with E-state index in [9.17, 15) is 0 Å². The molecule has 6 heteroatoms. The molecule has 0 fully saturated rings. The minimum absolute atomic E-state index is 0.630. The number of anilines is 3. The standard InChI is InChI=1S/C46H28N4O2/c1-3-12-29(13-4-1)35-28-36(30-14-5-2-6-15-30)48-46(47-35)50-37-17-8-7-16-33(37)34-26-31(22-24-38(34)50)32-23-25-40-44(27-32)52-43-21-11-20-42-45(43)49(40)39-18-9-10-19-41(39)51-42/h1-28H. The number of ether oxygens (including phenoxy) is 2. The average molecular weight is 669 g/mol. The minimum atomic E-state index is 0.630. The Hall–Kier alpha value is -7.18. The Labute approximate surface area is 299 Å². The van der Waals surface area contributed by atoms with Gasteiger partial charge in [-0.3, -0.25) is 9.47 Å². The Morgan fingerprint density at radius 3 is 1.73 bits per heavy atom. The number of para-hydroxylation sites is 4. The summed E-state index contributed by atoms with van der Waals surface area (Å²) >= 11 is 0. The van der Waals surface area contributed by atoms with E-state index in [4.69, 9.17) is 19.4 Å². The van der Waals surface area contributed by atoms with Crippen molar-refractivity contribution in [1.82, 2.24) is 14.5 Å². The number of benzene rings is 7. The SMILES string of the molecule is c1ccc(-c2cc(-c3ccccc3)nc(-n3c4ccccc4c4cc(-c5ccc6c(c5)Oc5cccc7c5N6c5ccccc5O7)ccc43)n2)cc1.